The molecule has 0 aromatic rings. The van der Waals surface area contributed by atoms with Crippen LogP contribution in [0.5, 0.6) is 0 Å². The number of hydrogen-bond acceptors (Lipinski definition) is 3. The summed E-state index contributed by atoms with van der Waals surface area (Å²) in [4.78, 5) is 0. The van der Waals surface area contributed by atoms with Gasteiger partial charge in [0.1, 0.15) is 0 Å². The van der Waals surface area contributed by atoms with Crippen molar-refractivity contribution in [1.29, 1.82) is 0 Å². The number of nitrogens with zero attached hydrogens (tertiary/aromatic N) is 2. The molecule has 3 nitrogen and oxygen atoms in total. The van der Waals surface area contributed by atoms with Crippen LogP contribution >= 0.6 is 0 Å². The fourth-order valence-electron chi connectivity index (χ4n) is 1.03. The number of hydrogen-bond donors (Lipinski definition) is 0. The van der Waals surface area contributed by atoms with Crippen molar-refractivity contribution in [3.05, 3.63) is 12.3 Å². The van der Waals surface area contributed by atoms with Crippen molar-refractivity contribution < 1.29 is 4.74 Å². The second-order valence-corrected chi connectivity index (χ2v) is 3.85. The first-order valence-corrected chi connectivity index (χ1v) is 4.72. The van der Waals surface area contributed by atoms with Crippen molar-refractivity contribution in [2.24, 2.45) is 16.9 Å². The lowest BCUT2D eigenvalue weighted by Gasteiger charge is -2.21. The highest BCUT2D eigenvalue weighted by molar-refractivity contribution is 5.80. The first-order valence-electron chi connectivity index (χ1n) is 4.72. The van der Waals surface area contributed by atoms with Crippen LogP contribution in [-0.2, 0) is 4.74 Å². The van der Waals surface area contributed by atoms with E-state index in [1.54, 1.807) is 5.01 Å². The van der Waals surface area contributed by atoms with Crippen LogP contribution in [0.3, 0.4) is 0 Å². The molecule has 0 saturated heterocycles. The van der Waals surface area contributed by atoms with E-state index in [9.17, 15) is 0 Å². The zero-order valence-corrected chi connectivity index (χ0v) is 8.82. The molecular weight excluding hydrogens is 164 g/mol. The van der Waals surface area contributed by atoms with Crippen LogP contribution in [0.1, 0.15) is 20.8 Å². The van der Waals surface area contributed by atoms with E-state index in [-0.39, 0.29) is 0 Å². The van der Waals surface area contributed by atoms with E-state index in [1.165, 1.54) is 0 Å². The molecule has 0 aromatic heterocycles. The second-order valence-electron chi connectivity index (χ2n) is 3.85. The Labute approximate surface area is 80.1 Å². The van der Waals surface area contributed by atoms with Crippen LogP contribution in [0.15, 0.2) is 17.4 Å². The Hall–Kier alpha value is -0.990. The predicted octanol–water partition coefficient (Wildman–Crippen LogP) is 2.07. The van der Waals surface area contributed by atoms with Crippen LogP contribution in [0.25, 0.3) is 0 Å². The van der Waals surface area contributed by atoms with Crippen LogP contribution in [0.4, 0.5) is 0 Å². The molecule has 1 rings (SSSR count). The van der Waals surface area contributed by atoms with Gasteiger partial charge in [0.2, 0.25) is 5.90 Å². The molecule has 0 bridgehead atoms. The van der Waals surface area contributed by atoms with Gasteiger partial charge in [0.25, 0.3) is 0 Å². The molecule has 0 saturated carbocycles. The summed E-state index contributed by atoms with van der Waals surface area (Å²) in [6, 6.07) is 0. The Balaban J connectivity index is 2.48. The Kier molecular flexibility index (Phi) is 3.34. The molecule has 13 heavy (non-hydrogen) atoms. The van der Waals surface area contributed by atoms with Gasteiger partial charge in [0.05, 0.1) is 12.5 Å². The van der Waals surface area contributed by atoms with Gasteiger partial charge in [-0.1, -0.05) is 26.8 Å². The third-order valence-corrected chi connectivity index (χ3v) is 1.80. The quantitative estimate of drug-likeness (QED) is 0.653. The Morgan fingerprint density at radius 3 is 2.92 bits per heavy atom. The molecule has 0 spiro atoms. The molecule has 0 unspecified atom stereocenters. The van der Waals surface area contributed by atoms with Gasteiger partial charge < -0.3 is 4.74 Å². The van der Waals surface area contributed by atoms with E-state index in [0.717, 1.165) is 12.5 Å². The van der Waals surface area contributed by atoms with Crippen LogP contribution in [0.2, 0.25) is 0 Å². The van der Waals surface area contributed by atoms with Gasteiger partial charge in [-0.3, -0.25) is 5.01 Å². The van der Waals surface area contributed by atoms with Crippen molar-refractivity contribution >= 4 is 5.90 Å². The van der Waals surface area contributed by atoms with Gasteiger partial charge in [-0.2, -0.15) is 0 Å². The summed E-state index contributed by atoms with van der Waals surface area (Å²) in [6.07, 6.45) is 4.04. The van der Waals surface area contributed by atoms with Gasteiger partial charge in [-0.25, -0.2) is 0 Å². The lowest BCUT2D eigenvalue weighted by molar-refractivity contribution is 0.234. The lowest BCUT2D eigenvalue weighted by Crippen LogP contribution is -2.23. The molecule has 0 aromatic carbocycles. The largest absolute Gasteiger partial charge is 0.479 e. The third-order valence-electron chi connectivity index (χ3n) is 1.80. The number of ether oxygens (including phenoxy) is 1. The summed E-state index contributed by atoms with van der Waals surface area (Å²) in [5.41, 5.74) is 0. The van der Waals surface area contributed by atoms with E-state index >= 15 is 0 Å². The molecule has 1 atom stereocenters. The topological polar surface area (TPSA) is 24.8 Å². The van der Waals surface area contributed by atoms with Crippen LogP contribution in [0, 0.1) is 11.8 Å². The molecule has 74 valence electrons. The van der Waals surface area contributed by atoms with Gasteiger partial charge in [0, 0.05) is 13.2 Å². The summed E-state index contributed by atoms with van der Waals surface area (Å²) in [7, 11) is 1.90. The molecule has 0 aliphatic carbocycles. The first-order chi connectivity index (χ1) is 6.09. The van der Waals surface area contributed by atoms with Crippen molar-refractivity contribution in [1.82, 2.24) is 5.01 Å². The molecule has 3 heteroatoms. The lowest BCUT2D eigenvalue weighted by atomic mass is 10.1. The average molecular weight is 182 g/mol. The van der Waals surface area contributed by atoms with Crippen molar-refractivity contribution in [3.63, 3.8) is 0 Å². The maximum Gasteiger partial charge on any atom is 0.213 e. The minimum atomic E-state index is 0.301. The molecule has 0 fully saturated rings. The predicted molar refractivity (Wildman–Crippen MR) is 54.3 cm³/mol. The van der Waals surface area contributed by atoms with Crippen molar-refractivity contribution in [2.75, 3.05) is 13.7 Å². The van der Waals surface area contributed by atoms with Gasteiger partial charge in [0.15, 0.2) is 0 Å². The first kappa shape index (κ1) is 10.1. The summed E-state index contributed by atoms with van der Waals surface area (Å²) in [5.74, 6) is 1.67. The molecule has 0 radical (unpaired) electrons. The highest BCUT2D eigenvalue weighted by Crippen LogP contribution is 2.11. The molecule has 1 aliphatic rings. The van der Waals surface area contributed by atoms with E-state index in [4.69, 9.17) is 4.74 Å². The number of rotatable bonds is 2. The minimum Gasteiger partial charge on any atom is -0.479 e. The maximum absolute atomic E-state index is 5.58. The molecule has 1 heterocycles. The zero-order valence-electron chi connectivity index (χ0n) is 8.82. The number of hydrazone groups is 1. The van der Waals surface area contributed by atoms with Crippen molar-refractivity contribution in [3.8, 4) is 0 Å². The monoisotopic (exact) mass is 182 g/mol. The second kappa shape index (κ2) is 4.30. The van der Waals surface area contributed by atoms with Crippen LogP contribution in [-0.4, -0.2) is 24.6 Å². The normalized spacial score (nSPS) is 22.1. The Morgan fingerprint density at radius 2 is 2.31 bits per heavy atom. The van der Waals surface area contributed by atoms with Crippen LogP contribution < -0.4 is 0 Å². The highest BCUT2D eigenvalue weighted by atomic mass is 16.5. The SMILES string of the molecule is CC(C)COC1=NN(C)C=C[C@H]1C. The average Bonchev–Trinajstić information content (AvgIpc) is 2.06. The third kappa shape index (κ3) is 3.09. The molecule has 0 amide bonds. The van der Waals surface area contributed by atoms with E-state index < -0.39 is 0 Å². The smallest absolute Gasteiger partial charge is 0.213 e. The molecule has 0 N–H and O–H groups in total. The fraction of sp³-hybridized carbons (Fsp3) is 0.700. The molecule has 1 aliphatic heterocycles. The van der Waals surface area contributed by atoms with E-state index in [0.29, 0.717) is 11.8 Å². The van der Waals surface area contributed by atoms with Gasteiger partial charge in [-0.15, -0.1) is 5.10 Å². The molecular formula is C10H18N2O. The summed E-state index contributed by atoms with van der Waals surface area (Å²) in [5, 5.41) is 6.05. The highest BCUT2D eigenvalue weighted by Gasteiger charge is 2.14. The maximum atomic E-state index is 5.58. The summed E-state index contributed by atoms with van der Waals surface area (Å²) in [6.45, 7) is 7.09. The zero-order chi connectivity index (χ0) is 9.84. The standard InChI is InChI=1S/C10H18N2O/c1-8(2)7-13-10-9(3)5-6-12(4)11-10/h5-6,8-9H,7H2,1-4H3/t9-/m1/s1. The van der Waals surface area contributed by atoms with Gasteiger partial charge in [-0.05, 0) is 5.92 Å². The van der Waals surface area contributed by atoms with Gasteiger partial charge >= 0.3 is 0 Å². The fourth-order valence-corrected chi connectivity index (χ4v) is 1.03. The Morgan fingerprint density at radius 1 is 1.62 bits per heavy atom. The minimum absolute atomic E-state index is 0.301. The summed E-state index contributed by atoms with van der Waals surface area (Å²) < 4.78 is 5.58. The van der Waals surface area contributed by atoms with E-state index in [1.807, 2.05) is 13.2 Å². The van der Waals surface area contributed by atoms with Crippen molar-refractivity contribution in [2.45, 2.75) is 20.8 Å². The van der Waals surface area contributed by atoms with E-state index in [2.05, 4.69) is 31.9 Å². The Bertz CT molecular complexity index is 221. The summed E-state index contributed by atoms with van der Waals surface area (Å²) >= 11 is 0.